The van der Waals surface area contributed by atoms with Crippen molar-refractivity contribution < 1.29 is 14.3 Å². The van der Waals surface area contributed by atoms with Gasteiger partial charge in [-0.15, -0.1) is 0 Å². The zero-order valence-corrected chi connectivity index (χ0v) is 10.6. The van der Waals surface area contributed by atoms with Crippen LogP contribution < -0.4 is 5.73 Å². The molecule has 0 aliphatic carbocycles. The van der Waals surface area contributed by atoms with Crippen LogP contribution in [0.25, 0.3) is 0 Å². The first-order chi connectivity index (χ1) is 8.64. The molecule has 0 bridgehead atoms. The summed E-state index contributed by atoms with van der Waals surface area (Å²) < 4.78 is 5.27. The van der Waals surface area contributed by atoms with E-state index in [1.807, 2.05) is 37.3 Å². The molecule has 4 nitrogen and oxygen atoms in total. The van der Waals surface area contributed by atoms with E-state index in [2.05, 4.69) is 0 Å². The van der Waals surface area contributed by atoms with Crippen LogP contribution >= 0.6 is 0 Å². The molecular formula is C14H19NO3. The van der Waals surface area contributed by atoms with Gasteiger partial charge in [-0.05, 0) is 18.4 Å². The Morgan fingerprint density at radius 2 is 2.06 bits per heavy atom. The Morgan fingerprint density at radius 1 is 1.39 bits per heavy atom. The number of primary amides is 1. The number of amides is 1. The molecule has 0 aromatic heterocycles. The van der Waals surface area contributed by atoms with Crippen LogP contribution in [0.15, 0.2) is 30.3 Å². The van der Waals surface area contributed by atoms with Gasteiger partial charge in [0.1, 0.15) is 11.9 Å². The predicted molar refractivity (Wildman–Crippen MR) is 69.0 cm³/mol. The normalized spacial score (nSPS) is 13.6. The van der Waals surface area contributed by atoms with Gasteiger partial charge in [0, 0.05) is 6.42 Å². The van der Waals surface area contributed by atoms with Crippen LogP contribution in [0, 0.1) is 0 Å². The lowest BCUT2D eigenvalue weighted by molar-refractivity contribution is -0.113. The van der Waals surface area contributed by atoms with Crippen LogP contribution in [0.4, 0.5) is 4.79 Å². The minimum atomic E-state index is -0.926. The fourth-order valence-electron chi connectivity index (χ4n) is 2.05. The average molecular weight is 249 g/mol. The van der Waals surface area contributed by atoms with Gasteiger partial charge in [-0.25, -0.2) is 4.79 Å². The maximum Gasteiger partial charge on any atom is 0.405 e. The van der Waals surface area contributed by atoms with Crippen molar-refractivity contribution >= 4 is 12.4 Å². The lowest BCUT2D eigenvalue weighted by Crippen LogP contribution is -2.35. The van der Waals surface area contributed by atoms with Crippen molar-refractivity contribution in [1.82, 2.24) is 0 Å². The second kappa shape index (κ2) is 6.79. The molecule has 1 rings (SSSR count). The van der Waals surface area contributed by atoms with Gasteiger partial charge in [0.15, 0.2) is 0 Å². The Bertz CT molecular complexity index is 391. The number of unbranched alkanes of at least 4 members (excludes halogenated alkanes) is 1. The largest absolute Gasteiger partial charge is 0.438 e. The van der Waals surface area contributed by atoms with Crippen molar-refractivity contribution in [3.63, 3.8) is 0 Å². The minimum Gasteiger partial charge on any atom is -0.438 e. The molecule has 0 radical (unpaired) electrons. The molecule has 0 aliphatic rings. The summed E-state index contributed by atoms with van der Waals surface area (Å²) in [7, 11) is 0. The van der Waals surface area contributed by atoms with Gasteiger partial charge in [0.05, 0.1) is 0 Å². The number of hydrogen-bond acceptors (Lipinski definition) is 3. The van der Waals surface area contributed by atoms with Crippen molar-refractivity contribution in [3.8, 4) is 0 Å². The number of rotatable bonds is 7. The monoisotopic (exact) mass is 249 g/mol. The van der Waals surface area contributed by atoms with Crippen LogP contribution in [-0.2, 0) is 15.1 Å². The number of hydrogen-bond donors (Lipinski definition) is 1. The Kier molecular flexibility index (Phi) is 5.36. The number of nitrogens with two attached hydrogens (primary N) is 1. The number of carbonyl (C=O) groups is 2. The first kappa shape index (κ1) is 14.2. The SMILES string of the molecule is CCCCC(CC=O)(OC(N)=O)c1ccccc1. The van der Waals surface area contributed by atoms with E-state index in [-0.39, 0.29) is 6.42 Å². The summed E-state index contributed by atoms with van der Waals surface area (Å²) in [6.07, 6.45) is 2.45. The Hall–Kier alpha value is -1.84. The van der Waals surface area contributed by atoms with Crippen molar-refractivity contribution in [1.29, 1.82) is 0 Å². The maximum absolute atomic E-state index is 11.1. The maximum atomic E-state index is 11.1. The molecule has 18 heavy (non-hydrogen) atoms. The van der Waals surface area contributed by atoms with Crippen LogP contribution in [0.3, 0.4) is 0 Å². The molecule has 0 spiro atoms. The van der Waals surface area contributed by atoms with E-state index in [1.54, 1.807) is 0 Å². The first-order valence-corrected chi connectivity index (χ1v) is 6.12. The topological polar surface area (TPSA) is 69.4 Å². The molecule has 1 unspecified atom stereocenters. The standard InChI is InChI=1S/C14H19NO3/c1-2-3-9-14(10-11-16,18-13(15)17)12-7-5-4-6-8-12/h4-8,11H,2-3,9-10H2,1H3,(H2,15,17). The summed E-state index contributed by atoms with van der Waals surface area (Å²) in [5.41, 5.74) is 5.02. The van der Waals surface area contributed by atoms with Gasteiger partial charge in [-0.3, -0.25) is 0 Å². The number of carbonyl (C=O) groups excluding carboxylic acids is 2. The lowest BCUT2D eigenvalue weighted by Gasteiger charge is -2.31. The molecule has 1 atom stereocenters. The fourth-order valence-corrected chi connectivity index (χ4v) is 2.05. The second-order valence-electron chi connectivity index (χ2n) is 4.26. The molecule has 1 aromatic rings. The van der Waals surface area contributed by atoms with E-state index in [1.165, 1.54) is 0 Å². The van der Waals surface area contributed by atoms with Crippen LogP contribution in [0.2, 0.25) is 0 Å². The Morgan fingerprint density at radius 3 is 2.56 bits per heavy atom. The van der Waals surface area contributed by atoms with Gasteiger partial charge in [-0.1, -0.05) is 43.7 Å². The molecular weight excluding hydrogens is 230 g/mol. The van der Waals surface area contributed by atoms with E-state index < -0.39 is 11.7 Å². The molecule has 0 fully saturated rings. The van der Waals surface area contributed by atoms with Crippen molar-refractivity contribution in [2.75, 3.05) is 0 Å². The van der Waals surface area contributed by atoms with E-state index >= 15 is 0 Å². The highest BCUT2D eigenvalue weighted by Crippen LogP contribution is 2.34. The van der Waals surface area contributed by atoms with Crippen LogP contribution in [0.5, 0.6) is 0 Å². The van der Waals surface area contributed by atoms with Crippen LogP contribution in [0.1, 0.15) is 38.2 Å². The molecule has 0 heterocycles. The minimum absolute atomic E-state index is 0.125. The van der Waals surface area contributed by atoms with Crippen molar-refractivity contribution in [2.45, 2.75) is 38.2 Å². The third kappa shape index (κ3) is 3.58. The summed E-state index contributed by atoms with van der Waals surface area (Å²) in [5.74, 6) is 0. The van der Waals surface area contributed by atoms with Gasteiger partial charge >= 0.3 is 6.09 Å². The van der Waals surface area contributed by atoms with Crippen LogP contribution in [-0.4, -0.2) is 12.4 Å². The molecule has 1 aromatic carbocycles. The van der Waals surface area contributed by atoms with Crippen molar-refractivity contribution in [3.05, 3.63) is 35.9 Å². The fraction of sp³-hybridized carbons (Fsp3) is 0.429. The second-order valence-corrected chi connectivity index (χ2v) is 4.26. The number of benzene rings is 1. The highest BCUT2D eigenvalue weighted by atomic mass is 16.6. The smallest absolute Gasteiger partial charge is 0.405 e. The zero-order chi connectivity index (χ0) is 13.4. The van der Waals surface area contributed by atoms with E-state index in [0.29, 0.717) is 6.42 Å². The third-order valence-corrected chi connectivity index (χ3v) is 2.94. The van der Waals surface area contributed by atoms with E-state index in [4.69, 9.17) is 10.5 Å². The summed E-state index contributed by atoms with van der Waals surface area (Å²) in [4.78, 5) is 22.0. The quantitative estimate of drug-likeness (QED) is 0.755. The summed E-state index contributed by atoms with van der Waals surface area (Å²) in [6, 6.07) is 9.28. The molecule has 0 aliphatic heterocycles. The first-order valence-electron chi connectivity index (χ1n) is 6.12. The van der Waals surface area contributed by atoms with E-state index in [9.17, 15) is 9.59 Å². The summed E-state index contributed by atoms with van der Waals surface area (Å²) >= 11 is 0. The molecule has 98 valence electrons. The summed E-state index contributed by atoms with van der Waals surface area (Å²) in [5, 5.41) is 0. The van der Waals surface area contributed by atoms with E-state index in [0.717, 1.165) is 24.7 Å². The Balaban J connectivity index is 3.09. The van der Waals surface area contributed by atoms with Gasteiger partial charge in [0.2, 0.25) is 0 Å². The van der Waals surface area contributed by atoms with Gasteiger partial charge < -0.3 is 15.3 Å². The molecule has 0 saturated heterocycles. The molecule has 1 amide bonds. The highest BCUT2D eigenvalue weighted by Gasteiger charge is 2.34. The Labute approximate surface area is 107 Å². The molecule has 0 saturated carbocycles. The number of aldehydes is 1. The zero-order valence-electron chi connectivity index (χ0n) is 10.6. The van der Waals surface area contributed by atoms with Crippen molar-refractivity contribution in [2.24, 2.45) is 5.73 Å². The lowest BCUT2D eigenvalue weighted by atomic mass is 9.86. The number of ether oxygens (including phenoxy) is 1. The molecule has 2 N–H and O–H groups in total. The summed E-state index contributed by atoms with van der Waals surface area (Å²) in [6.45, 7) is 2.04. The predicted octanol–water partition coefficient (Wildman–Crippen LogP) is 2.76. The van der Waals surface area contributed by atoms with Gasteiger partial charge in [-0.2, -0.15) is 0 Å². The van der Waals surface area contributed by atoms with Gasteiger partial charge in [0.25, 0.3) is 0 Å². The molecule has 4 heteroatoms. The third-order valence-electron chi connectivity index (χ3n) is 2.94. The highest BCUT2D eigenvalue weighted by molar-refractivity contribution is 5.66. The average Bonchev–Trinajstić information content (AvgIpc) is 2.36.